The fourth-order valence-electron chi connectivity index (χ4n) is 6.07. The first-order valence-electron chi connectivity index (χ1n) is 13.2. The zero-order valence-electron chi connectivity index (χ0n) is 22.0. The fourth-order valence-corrected chi connectivity index (χ4v) is 6.07. The summed E-state index contributed by atoms with van der Waals surface area (Å²) in [5.41, 5.74) is 13.6. The zero-order chi connectivity index (χ0) is 25.3. The van der Waals surface area contributed by atoms with E-state index in [9.17, 15) is 10.1 Å². The van der Waals surface area contributed by atoms with E-state index in [1.54, 1.807) is 7.11 Å². The molecule has 8 nitrogen and oxygen atoms in total. The fraction of sp³-hybridized carbons (Fsp3) is 0.885. The second-order valence-corrected chi connectivity index (χ2v) is 10.6. The van der Waals surface area contributed by atoms with E-state index in [-0.39, 0.29) is 41.3 Å². The Morgan fingerprint density at radius 1 is 1.35 bits per heavy atom. The molecular weight excluding hydrogens is 428 g/mol. The minimum Gasteiger partial charge on any atom is -0.379 e. The van der Waals surface area contributed by atoms with Crippen LogP contribution in [-0.4, -0.2) is 56.2 Å². The number of methoxy groups -OCH3 is 1. The summed E-state index contributed by atoms with van der Waals surface area (Å²) < 4.78 is 5.62. The quantitative estimate of drug-likeness (QED) is 0.358. The number of nitrogens with one attached hydrogen (secondary N) is 2. The third-order valence-corrected chi connectivity index (χ3v) is 8.01. The van der Waals surface area contributed by atoms with E-state index in [1.165, 1.54) is 0 Å². The van der Waals surface area contributed by atoms with E-state index >= 15 is 0 Å². The van der Waals surface area contributed by atoms with Crippen molar-refractivity contribution in [1.29, 1.82) is 5.26 Å². The first-order chi connectivity index (χ1) is 16.2. The molecular formula is C26H48N6O2. The molecule has 194 valence electrons. The van der Waals surface area contributed by atoms with Crippen LogP contribution < -0.4 is 22.1 Å². The topological polar surface area (TPSA) is 139 Å². The van der Waals surface area contributed by atoms with E-state index < -0.39 is 12.1 Å². The highest BCUT2D eigenvalue weighted by Gasteiger charge is 2.41. The smallest absolute Gasteiger partial charge is 0.228 e. The Morgan fingerprint density at radius 2 is 2.09 bits per heavy atom. The minimum absolute atomic E-state index is 0.0169. The molecule has 1 saturated heterocycles. The number of hydrogen-bond donors (Lipinski definition) is 4. The molecule has 6 N–H and O–H groups in total. The summed E-state index contributed by atoms with van der Waals surface area (Å²) in [6.45, 7) is 10.2. The van der Waals surface area contributed by atoms with Gasteiger partial charge in [-0.3, -0.25) is 9.79 Å². The van der Waals surface area contributed by atoms with Crippen molar-refractivity contribution in [3.8, 4) is 6.07 Å². The molecule has 1 fully saturated rings. The molecule has 0 radical (unpaired) electrons. The average molecular weight is 477 g/mol. The molecule has 0 aromatic carbocycles. The van der Waals surface area contributed by atoms with E-state index in [0.717, 1.165) is 63.6 Å². The minimum atomic E-state index is -0.828. The van der Waals surface area contributed by atoms with E-state index in [4.69, 9.17) is 21.2 Å². The van der Waals surface area contributed by atoms with Gasteiger partial charge in [0, 0.05) is 25.3 Å². The van der Waals surface area contributed by atoms with Crippen LogP contribution in [0, 0.1) is 34.5 Å². The molecule has 0 bridgehead atoms. The standard InChI is InChI=1S/C26H48N6O2/c1-6-11-26(4)12-9-18(17(7-2)15-27)19(8-3)31-20(14-26)23(24(28)29)25(33)32-21-16-30-13-10-22(21)34-5/h17-18,20-24,30H,6-14,16,28-29H2,1-5H3,(H,32,33). The SMILES string of the molecule is CCCC1(C)CCC(C(C#N)CC)C(CC)=NC(C(C(=O)NC2CNCCC2OC)C(N)N)C1. The highest BCUT2D eigenvalue weighted by molar-refractivity contribution is 5.88. The summed E-state index contributed by atoms with van der Waals surface area (Å²) in [5.74, 6) is -0.758. The average Bonchev–Trinajstić information content (AvgIpc) is 2.79. The number of nitriles is 1. The van der Waals surface area contributed by atoms with Gasteiger partial charge in [0.1, 0.15) is 0 Å². The van der Waals surface area contributed by atoms with Gasteiger partial charge in [-0.05, 0) is 56.9 Å². The number of nitrogens with zero attached hydrogens (tertiary/aromatic N) is 2. The van der Waals surface area contributed by atoms with Crippen LogP contribution in [0.5, 0.6) is 0 Å². The molecule has 8 heteroatoms. The van der Waals surface area contributed by atoms with Gasteiger partial charge in [-0.1, -0.05) is 34.1 Å². The summed E-state index contributed by atoms with van der Waals surface area (Å²) in [7, 11) is 1.68. The van der Waals surface area contributed by atoms with Crippen molar-refractivity contribution in [2.45, 2.75) is 103 Å². The number of piperidine rings is 1. The van der Waals surface area contributed by atoms with Gasteiger partial charge in [0.05, 0.1) is 42.3 Å². The van der Waals surface area contributed by atoms with Crippen LogP contribution in [-0.2, 0) is 9.53 Å². The third kappa shape index (κ3) is 7.24. The van der Waals surface area contributed by atoms with E-state index in [1.807, 2.05) is 0 Å². The van der Waals surface area contributed by atoms with Gasteiger partial charge >= 0.3 is 0 Å². The number of amides is 1. The number of ether oxygens (including phenoxy) is 1. The third-order valence-electron chi connectivity index (χ3n) is 8.01. The second-order valence-electron chi connectivity index (χ2n) is 10.6. The molecule has 0 spiro atoms. The van der Waals surface area contributed by atoms with Gasteiger partial charge in [0.25, 0.3) is 0 Å². The van der Waals surface area contributed by atoms with Crippen molar-refractivity contribution < 1.29 is 9.53 Å². The van der Waals surface area contributed by atoms with E-state index in [0.29, 0.717) is 6.54 Å². The predicted molar refractivity (Wildman–Crippen MR) is 137 cm³/mol. The Kier molecular flexibility index (Phi) is 11.4. The molecule has 2 rings (SSSR count). The maximum absolute atomic E-state index is 13.6. The lowest BCUT2D eigenvalue weighted by molar-refractivity contribution is -0.128. The molecule has 1 amide bonds. The maximum atomic E-state index is 13.6. The number of carbonyl (C=O) groups is 1. The van der Waals surface area contributed by atoms with Gasteiger partial charge in [-0.2, -0.15) is 5.26 Å². The molecule has 34 heavy (non-hydrogen) atoms. The van der Waals surface area contributed by atoms with Crippen molar-refractivity contribution in [3.05, 3.63) is 0 Å². The number of hydrogen-bond acceptors (Lipinski definition) is 7. The molecule has 2 aliphatic rings. The van der Waals surface area contributed by atoms with Crippen molar-refractivity contribution >= 4 is 11.6 Å². The van der Waals surface area contributed by atoms with Crippen molar-refractivity contribution in [3.63, 3.8) is 0 Å². The summed E-state index contributed by atoms with van der Waals surface area (Å²) in [5, 5.41) is 16.3. The molecule has 0 aliphatic carbocycles. The highest BCUT2D eigenvalue weighted by atomic mass is 16.5. The van der Waals surface area contributed by atoms with Crippen LogP contribution >= 0.6 is 0 Å². The van der Waals surface area contributed by atoms with Crippen LogP contribution in [0.2, 0.25) is 0 Å². The Labute approximate surface area is 206 Å². The summed E-state index contributed by atoms with van der Waals surface area (Å²) in [4.78, 5) is 18.8. The largest absolute Gasteiger partial charge is 0.379 e. The number of rotatable bonds is 10. The molecule has 0 aromatic rings. The Balaban J connectivity index is 2.43. The van der Waals surface area contributed by atoms with Gasteiger partial charge in [-0.15, -0.1) is 0 Å². The van der Waals surface area contributed by atoms with Crippen LogP contribution in [0.25, 0.3) is 0 Å². The van der Waals surface area contributed by atoms with Crippen molar-refractivity contribution in [2.75, 3.05) is 20.2 Å². The Hall–Kier alpha value is -1.53. The molecule has 2 aliphatic heterocycles. The number of carbonyl (C=O) groups excluding carboxylic acids is 1. The maximum Gasteiger partial charge on any atom is 0.228 e. The molecule has 7 atom stereocenters. The molecule has 0 saturated carbocycles. The lowest BCUT2D eigenvalue weighted by Crippen LogP contribution is -2.59. The van der Waals surface area contributed by atoms with E-state index in [2.05, 4.69) is 44.4 Å². The first-order valence-corrected chi connectivity index (χ1v) is 13.2. The van der Waals surface area contributed by atoms with Crippen molar-refractivity contribution in [1.82, 2.24) is 10.6 Å². The summed E-state index contributed by atoms with van der Waals surface area (Å²) in [6, 6.07) is 2.07. The van der Waals surface area contributed by atoms with Gasteiger partial charge in [0.2, 0.25) is 5.91 Å². The zero-order valence-corrected chi connectivity index (χ0v) is 22.0. The first kappa shape index (κ1) is 28.7. The molecule has 2 heterocycles. The van der Waals surface area contributed by atoms with Crippen LogP contribution in [0.15, 0.2) is 4.99 Å². The lowest BCUT2D eigenvalue weighted by atomic mass is 9.69. The second kappa shape index (κ2) is 13.5. The monoisotopic (exact) mass is 476 g/mol. The highest BCUT2D eigenvalue weighted by Crippen LogP contribution is 2.42. The van der Waals surface area contributed by atoms with Crippen LogP contribution in [0.4, 0.5) is 0 Å². The van der Waals surface area contributed by atoms with Crippen molar-refractivity contribution in [2.24, 2.45) is 39.6 Å². The molecule has 7 unspecified atom stereocenters. The number of aliphatic imine (C=N–C) groups is 1. The van der Waals surface area contributed by atoms with Crippen LogP contribution in [0.3, 0.4) is 0 Å². The summed E-state index contributed by atoms with van der Waals surface area (Å²) in [6.07, 6.45) is 6.35. The Morgan fingerprint density at radius 3 is 2.65 bits per heavy atom. The lowest BCUT2D eigenvalue weighted by Gasteiger charge is -2.41. The van der Waals surface area contributed by atoms with Crippen LogP contribution in [0.1, 0.15) is 79.1 Å². The normalized spacial score (nSPS) is 32.1. The molecule has 0 aromatic heterocycles. The predicted octanol–water partition coefficient (Wildman–Crippen LogP) is 2.72. The van der Waals surface area contributed by atoms with Gasteiger partial charge in [-0.25, -0.2) is 0 Å². The van der Waals surface area contributed by atoms with Gasteiger partial charge in [0.15, 0.2) is 0 Å². The number of nitrogens with two attached hydrogens (primary N) is 2. The Bertz CT molecular complexity index is 721. The summed E-state index contributed by atoms with van der Waals surface area (Å²) >= 11 is 0. The van der Waals surface area contributed by atoms with Gasteiger partial charge < -0.3 is 26.8 Å².